The highest BCUT2D eigenvalue weighted by atomic mass is 16.6. The number of carbonyl (C=O) groups excluding carboxylic acids is 1. The van der Waals surface area contributed by atoms with Gasteiger partial charge in [0.05, 0.1) is 23.0 Å². The van der Waals surface area contributed by atoms with Crippen LogP contribution in [0.5, 0.6) is 5.88 Å². The molecular formula is C24H32N4O3. The highest BCUT2D eigenvalue weighted by Crippen LogP contribution is 2.40. The lowest BCUT2D eigenvalue weighted by Gasteiger charge is -2.37. The summed E-state index contributed by atoms with van der Waals surface area (Å²) in [4.78, 5) is 14.8. The van der Waals surface area contributed by atoms with Crippen molar-refractivity contribution in [2.24, 2.45) is 0 Å². The molecule has 2 aromatic rings. The molecule has 5 rings (SSSR count). The molecule has 3 heterocycles. The summed E-state index contributed by atoms with van der Waals surface area (Å²) in [5, 5.41) is 8.26. The molecule has 1 amide bonds. The monoisotopic (exact) mass is 424 g/mol. The second-order valence-electron chi connectivity index (χ2n) is 9.79. The van der Waals surface area contributed by atoms with Gasteiger partial charge in [0.25, 0.3) is 0 Å². The first-order chi connectivity index (χ1) is 14.9. The SMILES string of the molecule is CC(C)(C)OC(=O)N1CCc2c3c(nn2-c2ccc(C4CCC4)cc2)OCCNC[C@@H]31. The largest absolute Gasteiger partial charge is 0.475 e. The van der Waals surface area contributed by atoms with Gasteiger partial charge in [0.2, 0.25) is 5.88 Å². The Balaban J connectivity index is 1.49. The van der Waals surface area contributed by atoms with Crippen LogP contribution in [0.1, 0.15) is 68.8 Å². The predicted octanol–water partition coefficient (Wildman–Crippen LogP) is 3.96. The number of nitrogens with zero attached hydrogens (tertiary/aromatic N) is 3. The number of nitrogens with one attached hydrogen (secondary N) is 1. The Bertz CT molecular complexity index is 956. The molecule has 166 valence electrons. The van der Waals surface area contributed by atoms with E-state index in [9.17, 15) is 4.79 Å². The van der Waals surface area contributed by atoms with Crippen LogP contribution in [0.2, 0.25) is 0 Å². The fourth-order valence-corrected chi connectivity index (χ4v) is 4.72. The fraction of sp³-hybridized carbons (Fsp3) is 0.583. The maximum absolute atomic E-state index is 12.9. The molecule has 0 unspecified atom stereocenters. The maximum atomic E-state index is 12.9. The lowest BCUT2D eigenvalue weighted by Crippen LogP contribution is -2.47. The van der Waals surface area contributed by atoms with Crippen LogP contribution in [0, 0.1) is 0 Å². The molecule has 1 aliphatic carbocycles. The topological polar surface area (TPSA) is 68.6 Å². The van der Waals surface area contributed by atoms with Crippen LogP contribution in [0.15, 0.2) is 24.3 Å². The first-order valence-corrected chi connectivity index (χ1v) is 11.5. The number of aromatic nitrogens is 2. The molecule has 3 aliphatic rings. The van der Waals surface area contributed by atoms with Crippen LogP contribution in [0.25, 0.3) is 5.69 Å². The molecule has 7 nitrogen and oxygen atoms in total. The Morgan fingerprint density at radius 1 is 1.23 bits per heavy atom. The Kier molecular flexibility index (Phi) is 5.16. The van der Waals surface area contributed by atoms with E-state index in [1.807, 2.05) is 30.4 Å². The third-order valence-corrected chi connectivity index (χ3v) is 6.48. The van der Waals surface area contributed by atoms with Crippen molar-refractivity contribution in [3.05, 3.63) is 41.1 Å². The molecule has 2 aliphatic heterocycles. The Morgan fingerprint density at radius 3 is 2.68 bits per heavy atom. The van der Waals surface area contributed by atoms with Gasteiger partial charge in [-0.2, -0.15) is 0 Å². The number of amides is 1. The summed E-state index contributed by atoms with van der Waals surface area (Å²) < 4.78 is 13.7. The van der Waals surface area contributed by atoms with Crippen LogP contribution in [0.3, 0.4) is 0 Å². The molecule has 0 saturated heterocycles. The quantitative estimate of drug-likeness (QED) is 0.790. The van der Waals surface area contributed by atoms with Crippen molar-refractivity contribution in [3.8, 4) is 11.6 Å². The van der Waals surface area contributed by atoms with Gasteiger partial charge >= 0.3 is 6.09 Å². The van der Waals surface area contributed by atoms with Crippen molar-refractivity contribution in [2.75, 3.05) is 26.2 Å². The number of carbonyl (C=O) groups is 1. The van der Waals surface area contributed by atoms with Gasteiger partial charge in [-0.05, 0) is 57.2 Å². The minimum atomic E-state index is -0.530. The van der Waals surface area contributed by atoms with Gasteiger partial charge in [-0.15, -0.1) is 5.10 Å². The zero-order valence-corrected chi connectivity index (χ0v) is 18.7. The standard InChI is InChI=1S/C24H32N4O3/c1-24(2,3)31-23(29)27-13-11-19-21-20(27)15-25-12-14-30-22(21)26-28(19)18-9-7-17(8-10-18)16-5-4-6-16/h7-10,16,20,25H,4-6,11-15H2,1-3H3/t20-/m0/s1. The first kappa shape index (κ1) is 20.4. The van der Waals surface area contributed by atoms with Gasteiger partial charge in [0.1, 0.15) is 12.2 Å². The molecule has 0 radical (unpaired) electrons. The van der Waals surface area contributed by atoms with Gasteiger partial charge in [-0.1, -0.05) is 18.6 Å². The summed E-state index contributed by atoms with van der Waals surface area (Å²) >= 11 is 0. The summed E-state index contributed by atoms with van der Waals surface area (Å²) in [5.41, 5.74) is 4.07. The van der Waals surface area contributed by atoms with E-state index in [-0.39, 0.29) is 12.1 Å². The molecule has 31 heavy (non-hydrogen) atoms. The average molecular weight is 425 g/mol. The van der Waals surface area contributed by atoms with Crippen LogP contribution in [0.4, 0.5) is 4.79 Å². The van der Waals surface area contributed by atoms with Gasteiger partial charge in [-0.25, -0.2) is 9.48 Å². The van der Waals surface area contributed by atoms with E-state index in [0.29, 0.717) is 37.9 Å². The third kappa shape index (κ3) is 3.91. The number of hydrogen-bond donors (Lipinski definition) is 1. The molecule has 7 heteroatoms. The molecule has 1 saturated carbocycles. The van der Waals surface area contributed by atoms with Crippen molar-refractivity contribution >= 4 is 6.09 Å². The maximum Gasteiger partial charge on any atom is 0.410 e. The third-order valence-electron chi connectivity index (χ3n) is 6.48. The van der Waals surface area contributed by atoms with E-state index in [1.165, 1.54) is 24.8 Å². The minimum absolute atomic E-state index is 0.156. The van der Waals surface area contributed by atoms with Gasteiger partial charge < -0.3 is 14.8 Å². The van der Waals surface area contributed by atoms with Crippen molar-refractivity contribution in [1.82, 2.24) is 20.0 Å². The molecule has 1 N–H and O–H groups in total. The van der Waals surface area contributed by atoms with Gasteiger partial charge in [-0.3, -0.25) is 4.90 Å². The molecular weight excluding hydrogens is 392 g/mol. The molecule has 0 bridgehead atoms. The number of hydrogen-bond acceptors (Lipinski definition) is 5. The minimum Gasteiger partial charge on any atom is -0.475 e. The Hall–Kier alpha value is -2.54. The zero-order valence-electron chi connectivity index (χ0n) is 18.7. The lowest BCUT2D eigenvalue weighted by molar-refractivity contribution is 0.0133. The van der Waals surface area contributed by atoms with Crippen LogP contribution in [-0.4, -0.2) is 52.6 Å². The fourth-order valence-electron chi connectivity index (χ4n) is 4.72. The smallest absolute Gasteiger partial charge is 0.410 e. The van der Waals surface area contributed by atoms with Crippen molar-refractivity contribution in [2.45, 2.75) is 64.0 Å². The van der Waals surface area contributed by atoms with Crippen molar-refractivity contribution in [1.29, 1.82) is 0 Å². The van der Waals surface area contributed by atoms with E-state index in [0.717, 1.165) is 23.5 Å². The second-order valence-corrected chi connectivity index (χ2v) is 9.79. The van der Waals surface area contributed by atoms with Crippen LogP contribution >= 0.6 is 0 Å². The Labute approximate surface area is 183 Å². The number of benzene rings is 1. The lowest BCUT2D eigenvalue weighted by atomic mass is 9.80. The van der Waals surface area contributed by atoms with Crippen molar-refractivity contribution < 1.29 is 14.3 Å². The van der Waals surface area contributed by atoms with E-state index >= 15 is 0 Å². The summed E-state index contributed by atoms with van der Waals surface area (Å²) in [7, 11) is 0. The van der Waals surface area contributed by atoms with E-state index in [1.54, 1.807) is 0 Å². The van der Waals surface area contributed by atoms with Gasteiger partial charge in [0, 0.05) is 26.1 Å². The summed E-state index contributed by atoms with van der Waals surface area (Å²) in [6.07, 6.45) is 4.36. The number of ether oxygens (including phenoxy) is 2. The van der Waals surface area contributed by atoms with E-state index < -0.39 is 5.60 Å². The number of rotatable bonds is 2. The first-order valence-electron chi connectivity index (χ1n) is 11.5. The average Bonchev–Trinajstić information content (AvgIpc) is 3.02. The van der Waals surface area contributed by atoms with Crippen LogP contribution < -0.4 is 10.1 Å². The summed E-state index contributed by atoms with van der Waals surface area (Å²) in [5.74, 6) is 1.35. The Morgan fingerprint density at radius 2 is 2.00 bits per heavy atom. The second kappa shape index (κ2) is 7.86. The van der Waals surface area contributed by atoms with E-state index in [2.05, 4.69) is 29.6 Å². The predicted molar refractivity (Wildman–Crippen MR) is 118 cm³/mol. The molecule has 1 atom stereocenters. The highest BCUT2D eigenvalue weighted by molar-refractivity contribution is 5.70. The zero-order chi connectivity index (χ0) is 21.6. The summed E-state index contributed by atoms with van der Waals surface area (Å²) in [6.45, 7) is 8.23. The molecule has 1 fully saturated rings. The van der Waals surface area contributed by atoms with E-state index in [4.69, 9.17) is 14.6 Å². The molecule has 1 aromatic carbocycles. The normalized spacial score (nSPS) is 21.4. The van der Waals surface area contributed by atoms with Crippen molar-refractivity contribution in [3.63, 3.8) is 0 Å². The molecule has 1 aromatic heterocycles. The van der Waals surface area contributed by atoms with Crippen LogP contribution in [-0.2, 0) is 11.2 Å². The highest BCUT2D eigenvalue weighted by Gasteiger charge is 2.39. The summed E-state index contributed by atoms with van der Waals surface area (Å²) in [6, 6.07) is 8.65. The molecule has 0 spiro atoms. The van der Waals surface area contributed by atoms with Gasteiger partial charge in [0.15, 0.2) is 0 Å².